The molecule has 12 heteroatoms. The first kappa shape index (κ1) is 28.7. The van der Waals surface area contributed by atoms with Crippen LogP contribution in [0, 0.1) is 17.6 Å². The van der Waals surface area contributed by atoms with Crippen LogP contribution in [0.5, 0.6) is 0 Å². The van der Waals surface area contributed by atoms with Crippen molar-refractivity contribution in [2.75, 3.05) is 20.2 Å². The Morgan fingerprint density at radius 2 is 1.88 bits per heavy atom. The Hall–Kier alpha value is -3.77. The van der Waals surface area contributed by atoms with Gasteiger partial charge in [0.25, 0.3) is 0 Å². The molecule has 1 saturated carbocycles. The van der Waals surface area contributed by atoms with Crippen molar-refractivity contribution in [2.45, 2.75) is 62.8 Å². The molecule has 10 nitrogen and oxygen atoms in total. The second-order valence-electron chi connectivity index (χ2n) is 10.9. The Bertz CT molecular complexity index is 1350. The van der Waals surface area contributed by atoms with Gasteiger partial charge in [0.15, 0.2) is 11.6 Å². The number of benzene rings is 1. The number of aromatic nitrogens is 1. The summed E-state index contributed by atoms with van der Waals surface area (Å²) in [4.78, 5) is 50.6. The summed E-state index contributed by atoms with van der Waals surface area (Å²) in [6.45, 7) is 2.72. The van der Waals surface area contributed by atoms with Gasteiger partial charge in [0.2, 0.25) is 0 Å². The van der Waals surface area contributed by atoms with E-state index in [4.69, 9.17) is 4.74 Å². The van der Waals surface area contributed by atoms with Crippen LogP contribution in [-0.2, 0) is 15.1 Å². The van der Waals surface area contributed by atoms with Crippen LogP contribution in [-0.4, -0.2) is 75.9 Å². The predicted octanol–water partition coefficient (Wildman–Crippen LogP) is 3.70. The number of hydrogen-bond acceptors (Lipinski definition) is 7. The average Bonchev–Trinajstić information content (AvgIpc) is 3.42. The molecule has 41 heavy (non-hydrogen) atoms. The predicted molar refractivity (Wildman–Crippen MR) is 144 cm³/mol. The Kier molecular flexibility index (Phi) is 8.14. The van der Waals surface area contributed by atoms with Crippen molar-refractivity contribution in [3.63, 3.8) is 0 Å². The van der Waals surface area contributed by atoms with Crippen LogP contribution in [0.15, 0.2) is 47.6 Å². The lowest BCUT2D eigenvalue weighted by molar-refractivity contribution is -0.144. The molecule has 2 aromatic rings. The SMILES string of the molecule is COC(=O)C1C(C)=NC(=O)N(C(=O)N[C@@H]2CCN(C3CCC(O)(c4ccccn4)CC3)C2)[C@H]1c1ccc(F)c(F)c1. The van der Waals surface area contributed by atoms with Gasteiger partial charge in [0, 0.05) is 37.1 Å². The molecule has 1 unspecified atom stereocenters. The summed E-state index contributed by atoms with van der Waals surface area (Å²) in [5.41, 5.74) is -0.109. The van der Waals surface area contributed by atoms with E-state index in [1.165, 1.54) is 13.0 Å². The molecule has 3 heterocycles. The van der Waals surface area contributed by atoms with E-state index in [1.54, 1.807) is 6.20 Å². The molecule has 1 aromatic carbocycles. The van der Waals surface area contributed by atoms with Crippen molar-refractivity contribution < 1.29 is 33.0 Å². The Labute approximate surface area is 236 Å². The Morgan fingerprint density at radius 1 is 1.12 bits per heavy atom. The number of esters is 1. The summed E-state index contributed by atoms with van der Waals surface area (Å²) < 4.78 is 32.8. The lowest BCUT2D eigenvalue weighted by Gasteiger charge is -2.39. The van der Waals surface area contributed by atoms with Crippen molar-refractivity contribution in [1.82, 2.24) is 20.1 Å². The lowest BCUT2D eigenvalue weighted by atomic mass is 9.79. The van der Waals surface area contributed by atoms with Gasteiger partial charge < -0.3 is 15.2 Å². The smallest absolute Gasteiger partial charge is 0.352 e. The van der Waals surface area contributed by atoms with E-state index >= 15 is 0 Å². The standard InChI is InChI=1S/C29H33F2N5O5/c1-17-24(26(37)41-2)25(18-6-7-21(30)22(31)15-18)36(27(38)33-17)28(39)34-19-10-14-35(16-19)20-8-11-29(40,12-9-20)23-5-3-4-13-32-23/h3-7,13,15,19-20,24-25,40H,8-12,14,16H2,1-2H3,(H,34,39)/t19-,20?,24?,25+,29?/m1/s1. The first-order valence-corrected chi connectivity index (χ1v) is 13.7. The first-order valence-electron chi connectivity index (χ1n) is 13.7. The minimum atomic E-state index is -1.28. The molecule has 1 aromatic heterocycles. The van der Waals surface area contributed by atoms with E-state index in [9.17, 15) is 28.3 Å². The lowest BCUT2D eigenvalue weighted by Crippen LogP contribution is -2.54. The number of nitrogens with one attached hydrogen (secondary N) is 1. The van der Waals surface area contributed by atoms with E-state index in [2.05, 4.69) is 20.2 Å². The largest absolute Gasteiger partial charge is 0.468 e. The number of imide groups is 1. The van der Waals surface area contributed by atoms with Gasteiger partial charge in [-0.25, -0.2) is 28.3 Å². The number of methoxy groups -OCH3 is 1. The molecular weight excluding hydrogens is 536 g/mol. The van der Waals surface area contributed by atoms with Gasteiger partial charge in [0.1, 0.15) is 11.5 Å². The third-order valence-electron chi connectivity index (χ3n) is 8.47. The summed E-state index contributed by atoms with van der Waals surface area (Å²) in [5, 5.41) is 14.0. The molecule has 0 radical (unpaired) electrons. The third kappa shape index (κ3) is 5.71. The number of likely N-dealkylation sites (tertiary alicyclic amines) is 1. The minimum Gasteiger partial charge on any atom is -0.468 e. The van der Waals surface area contributed by atoms with E-state index in [1.807, 2.05) is 18.2 Å². The van der Waals surface area contributed by atoms with Gasteiger partial charge in [-0.15, -0.1) is 0 Å². The molecule has 1 aliphatic carbocycles. The number of ether oxygens (including phenoxy) is 1. The molecule has 3 aliphatic rings. The monoisotopic (exact) mass is 569 g/mol. The fraction of sp³-hybridized carbons (Fsp3) is 0.483. The fourth-order valence-electron chi connectivity index (χ4n) is 6.27. The van der Waals surface area contributed by atoms with Crippen LogP contribution >= 0.6 is 0 Å². The number of nitrogens with zero attached hydrogens (tertiary/aromatic N) is 4. The van der Waals surface area contributed by atoms with Crippen LogP contribution in [0.25, 0.3) is 0 Å². The molecule has 5 rings (SSSR count). The van der Waals surface area contributed by atoms with E-state index in [-0.39, 0.29) is 23.4 Å². The molecule has 2 aliphatic heterocycles. The highest BCUT2D eigenvalue weighted by Gasteiger charge is 2.47. The second kappa shape index (κ2) is 11.6. The van der Waals surface area contributed by atoms with Crippen LogP contribution in [0.2, 0.25) is 0 Å². The quantitative estimate of drug-likeness (QED) is 0.526. The number of aliphatic imine (C=N–C) groups is 1. The Balaban J connectivity index is 1.28. The molecule has 0 spiro atoms. The van der Waals surface area contributed by atoms with Crippen LogP contribution < -0.4 is 5.32 Å². The van der Waals surface area contributed by atoms with E-state index in [0.717, 1.165) is 43.5 Å². The number of carbonyl (C=O) groups is 3. The Morgan fingerprint density at radius 3 is 2.54 bits per heavy atom. The summed E-state index contributed by atoms with van der Waals surface area (Å²) >= 11 is 0. The summed E-state index contributed by atoms with van der Waals surface area (Å²) in [6, 6.07) is 5.48. The van der Waals surface area contributed by atoms with Crippen molar-refractivity contribution in [1.29, 1.82) is 0 Å². The number of amides is 4. The number of rotatable bonds is 5. The van der Waals surface area contributed by atoms with E-state index in [0.29, 0.717) is 31.5 Å². The summed E-state index contributed by atoms with van der Waals surface area (Å²) in [5.74, 6) is -4.22. The maximum atomic E-state index is 14.2. The zero-order valence-electron chi connectivity index (χ0n) is 22.9. The van der Waals surface area contributed by atoms with Gasteiger partial charge in [-0.3, -0.25) is 14.7 Å². The number of hydrogen-bond donors (Lipinski definition) is 2. The minimum absolute atomic E-state index is 0.0627. The topological polar surface area (TPSA) is 124 Å². The zero-order chi connectivity index (χ0) is 29.3. The summed E-state index contributed by atoms with van der Waals surface area (Å²) in [7, 11) is 1.16. The highest BCUT2D eigenvalue weighted by molar-refractivity contribution is 6.11. The van der Waals surface area contributed by atoms with Crippen molar-refractivity contribution >= 4 is 23.7 Å². The van der Waals surface area contributed by atoms with Gasteiger partial charge in [-0.1, -0.05) is 12.1 Å². The number of halogens is 2. The van der Waals surface area contributed by atoms with Crippen LogP contribution in [0.1, 0.15) is 56.3 Å². The highest BCUT2D eigenvalue weighted by atomic mass is 19.2. The van der Waals surface area contributed by atoms with Gasteiger partial charge in [0.05, 0.1) is 18.8 Å². The van der Waals surface area contributed by atoms with Crippen molar-refractivity contribution in [2.24, 2.45) is 10.9 Å². The van der Waals surface area contributed by atoms with Crippen molar-refractivity contribution in [3.8, 4) is 0 Å². The van der Waals surface area contributed by atoms with Crippen LogP contribution in [0.3, 0.4) is 0 Å². The molecular formula is C29H33F2N5O5. The molecule has 2 N–H and O–H groups in total. The maximum Gasteiger partial charge on any atom is 0.352 e. The highest BCUT2D eigenvalue weighted by Crippen LogP contribution is 2.39. The van der Waals surface area contributed by atoms with Gasteiger partial charge in [-0.05, 0) is 68.9 Å². The molecule has 218 valence electrons. The number of urea groups is 2. The fourth-order valence-corrected chi connectivity index (χ4v) is 6.27. The van der Waals surface area contributed by atoms with Gasteiger partial charge in [-0.2, -0.15) is 0 Å². The number of pyridine rings is 1. The summed E-state index contributed by atoms with van der Waals surface area (Å²) in [6.07, 6.45) is 5.00. The number of carbonyl (C=O) groups excluding carboxylic acids is 3. The first-order chi connectivity index (χ1) is 19.6. The molecule has 4 amide bonds. The zero-order valence-corrected chi connectivity index (χ0v) is 22.9. The van der Waals surface area contributed by atoms with E-state index < -0.39 is 47.2 Å². The number of aliphatic hydroxyl groups is 1. The molecule has 3 atom stereocenters. The van der Waals surface area contributed by atoms with Crippen molar-refractivity contribution in [3.05, 3.63) is 65.5 Å². The third-order valence-corrected chi connectivity index (χ3v) is 8.47. The molecule has 1 saturated heterocycles. The maximum absolute atomic E-state index is 14.2. The second-order valence-corrected chi connectivity index (χ2v) is 10.9. The normalized spacial score (nSPS) is 28.8. The molecule has 2 fully saturated rings. The van der Waals surface area contributed by atoms with Gasteiger partial charge >= 0.3 is 18.0 Å². The van der Waals surface area contributed by atoms with Crippen LogP contribution in [0.4, 0.5) is 18.4 Å². The average molecular weight is 570 g/mol. The molecule has 0 bridgehead atoms.